The van der Waals surface area contributed by atoms with Crippen molar-refractivity contribution >= 4 is 75.8 Å². The van der Waals surface area contributed by atoms with E-state index in [0.717, 1.165) is 0 Å². The quantitative estimate of drug-likeness (QED) is 0.404. The fourth-order valence-electron chi connectivity index (χ4n) is 1.57. The van der Waals surface area contributed by atoms with Crippen molar-refractivity contribution in [1.82, 2.24) is 5.43 Å². The molecule has 22 heavy (non-hydrogen) atoms. The van der Waals surface area contributed by atoms with Crippen molar-refractivity contribution < 1.29 is 9.90 Å². The Kier molecular flexibility index (Phi) is 6.19. The molecule has 8 heteroatoms. The van der Waals surface area contributed by atoms with Gasteiger partial charge in [-0.2, -0.15) is 5.10 Å². The van der Waals surface area contributed by atoms with Gasteiger partial charge in [0.2, 0.25) is 0 Å². The number of amides is 1. The predicted molar refractivity (Wildman–Crippen MR) is 100 cm³/mol. The van der Waals surface area contributed by atoms with Crippen LogP contribution in [0.5, 0.6) is 5.75 Å². The van der Waals surface area contributed by atoms with Gasteiger partial charge in [-0.1, -0.05) is 28.1 Å². The summed E-state index contributed by atoms with van der Waals surface area (Å²) in [5.74, 6) is -0.279. The lowest BCUT2D eigenvalue weighted by atomic mass is 10.2. The number of carbonyl (C=O) groups excluding carboxylic acids is 1. The number of hydrogen-bond donors (Lipinski definition) is 2. The molecule has 0 saturated carbocycles. The second kappa shape index (κ2) is 7.72. The third kappa shape index (κ3) is 3.98. The minimum atomic E-state index is -0.336. The van der Waals surface area contributed by atoms with E-state index in [4.69, 9.17) is 0 Å². The molecule has 0 saturated heterocycles. The van der Waals surface area contributed by atoms with Crippen molar-refractivity contribution in [2.75, 3.05) is 0 Å². The molecule has 1 amide bonds. The number of hydrogen-bond acceptors (Lipinski definition) is 3. The Hall–Kier alpha value is -0.700. The number of aromatic hydroxyl groups is 1. The summed E-state index contributed by atoms with van der Waals surface area (Å²) in [6, 6.07) is 8.74. The third-order valence-electron chi connectivity index (χ3n) is 2.66. The maximum atomic E-state index is 12.0. The highest BCUT2D eigenvalue weighted by molar-refractivity contribution is 9.11. The van der Waals surface area contributed by atoms with Crippen LogP contribution in [0.2, 0.25) is 0 Å². The van der Waals surface area contributed by atoms with Gasteiger partial charge in [0.25, 0.3) is 5.91 Å². The fraction of sp³-hybridized carbons (Fsp3) is 0. The molecule has 114 valence electrons. The highest BCUT2D eigenvalue weighted by Crippen LogP contribution is 2.38. The van der Waals surface area contributed by atoms with Gasteiger partial charge in [0, 0.05) is 14.5 Å². The number of phenolic OH excluding ortho intramolecular Hbond substituents is 1. The number of halogens is 4. The highest BCUT2D eigenvalue weighted by atomic mass is 79.9. The van der Waals surface area contributed by atoms with Gasteiger partial charge in [0.1, 0.15) is 5.75 Å². The number of carbonyl (C=O) groups is 1. The topological polar surface area (TPSA) is 61.7 Å². The molecule has 0 aliphatic carbocycles. The van der Waals surface area contributed by atoms with Crippen molar-refractivity contribution in [3.63, 3.8) is 0 Å². The first-order valence-electron chi connectivity index (χ1n) is 5.86. The van der Waals surface area contributed by atoms with E-state index >= 15 is 0 Å². The summed E-state index contributed by atoms with van der Waals surface area (Å²) in [5.41, 5.74) is 3.53. The van der Waals surface area contributed by atoms with E-state index in [1.165, 1.54) is 6.21 Å². The minimum Gasteiger partial charge on any atom is -0.506 e. The molecule has 0 unspecified atom stereocenters. The van der Waals surface area contributed by atoms with Crippen LogP contribution in [-0.4, -0.2) is 17.2 Å². The molecular weight excluding hydrogens is 548 g/mol. The van der Waals surface area contributed by atoms with Gasteiger partial charge < -0.3 is 5.11 Å². The summed E-state index contributed by atoms with van der Waals surface area (Å²) >= 11 is 13.2. The second-order valence-corrected chi connectivity index (χ2v) is 7.45. The number of nitrogens with zero attached hydrogens (tertiary/aromatic N) is 1. The molecule has 0 heterocycles. The standard InChI is InChI=1S/C14H8Br4N2O2/c15-9-4-2-1-3-7(9)14(22)20-19-6-8-10(16)5-11(17)13(21)12(8)18/h1-6,21H,(H,20,22)/b19-6-. The van der Waals surface area contributed by atoms with Crippen LogP contribution < -0.4 is 5.43 Å². The SMILES string of the molecule is O=C(N/N=C\c1c(Br)cc(Br)c(O)c1Br)c1ccccc1Br. The van der Waals surface area contributed by atoms with Crippen LogP contribution in [0.1, 0.15) is 15.9 Å². The summed E-state index contributed by atoms with van der Waals surface area (Å²) in [4.78, 5) is 12.0. The van der Waals surface area contributed by atoms with Gasteiger partial charge in [-0.15, -0.1) is 0 Å². The van der Waals surface area contributed by atoms with Crippen molar-refractivity contribution in [2.45, 2.75) is 0 Å². The Morgan fingerprint density at radius 3 is 2.45 bits per heavy atom. The summed E-state index contributed by atoms with van der Waals surface area (Å²) in [5, 5.41) is 13.8. The van der Waals surface area contributed by atoms with Gasteiger partial charge in [-0.05, 0) is 66.0 Å². The number of phenols is 1. The zero-order chi connectivity index (χ0) is 16.3. The Morgan fingerprint density at radius 2 is 1.77 bits per heavy atom. The average molecular weight is 556 g/mol. The first-order valence-corrected chi connectivity index (χ1v) is 9.03. The minimum absolute atomic E-state index is 0.0572. The lowest BCUT2D eigenvalue weighted by molar-refractivity contribution is 0.0954. The van der Waals surface area contributed by atoms with Gasteiger partial charge in [0.05, 0.1) is 20.7 Å². The molecule has 0 aromatic heterocycles. The molecule has 0 aliphatic heterocycles. The van der Waals surface area contributed by atoms with Gasteiger partial charge >= 0.3 is 0 Å². The van der Waals surface area contributed by atoms with E-state index in [0.29, 0.717) is 29.0 Å². The summed E-state index contributed by atoms with van der Waals surface area (Å²) in [6.07, 6.45) is 1.44. The van der Waals surface area contributed by atoms with E-state index in [2.05, 4.69) is 74.2 Å². The maximum Gasteiger partial charge on any atom is 0.272 e. The Balaban J connectivity index is 2.19. The monoisotopic (exact) mass is 552 g/mol. The number of nitrogens with one attached hydrogen (secondary N) is 1. The van der Waals surface area contributed by atoms with Crippen LogP contribution >= 0.6 is 63.7 Å². The Bertz CT molecular complexity index is 763. The van der Waals surface area contributed by atoms with Gasteiger partial charge in [-0.3, -0.25) is 4.79 Å². The summed E-state index contributed by atoms with van der Waals surface area (Å²) in [7, 11) is 0. The average Bonchev–Trinajstić information content (AvgIpc) is 2.48. The summed E-state index contributed by atoms with van der Waals surface area (Å²) < 4.78 is 2.41. The van der Waals surface area contributed by atoms with Crippen molar-refractivity contribution in [1.29, 1.82) is 0 Å². The largest absolute Gasteiger partial charge is 0.506 e. The van der Waals surface area contributed by atoms with E-state index in [9.17, 15) is 9.90 Å². The van der Waals surface area contributed by atoms with Crippen LogP contribution in [0, 0.1) is 0 Å². The van der Waals surface area contributed by atoms with Gasteiger partial charge in [0.15, 0.2) is 0 Å². The zero-order valence-corrected chi connectivity index (χ0v) is 17.1. The van der Waals surface area contributed by atoms with Gasteiger partial charge in [-0.25, -0.2) is 5.43 Å². The molecule has 0 radical (unpaired) electrons. The number of hydrazone groups is 1. The van der Waals surface area contributed by atoms with E-state index in [-0.39, 0.29) is 11.7 Å². The molecule has 4 nitrogen and oxygen atoms in total. The smallest absolute Gasteiger partial charge is 0.272 e. The highest BCUT2D eigenvalue weighted by Gasteiger charge is 2.12. The molecule has 2 aromatic rings. The molecule has 2 rings (SSSR count). The molecular formula is C14H8Br4N2O2. The predicted octanol–water partition coefficient (Wildman–Crippen LogP) is 5.21. The molecule has 2 aromatic carbocycles. The van der Waals surface area contributed by atoms with Crippen molar-refractivity contribution in [3.05, 3.63) is 59.3 Å². The van der Waals surface area contributed by atoms with Crippen LogP contribution in [0.15, 0.2) is 53.3 Å². The first-order chi connectivity index (χ1) is 10.4. The summed E-state index contributed by atoms with van der Waals surface area (Å²) in [6.45, 7) is 0. The van der Waals surface area contributed by atoms with Crippen LogP contribution in [0.3, 0.4) is 0 Å². The van der Waals surface area contributed by atoms with Crippen molar-refractivity contribution in [2.24, 2.45) is 5.10 Å². The molecule has 0 fully saturated rings. The lowest BCUT2D eigenvalue weighted by Crippen LogP contribution is -2.18. The van der Waals surface area contributed by atoms with E-state index < -0.39 is 0 Å². The maximum absolute atomic E-state index is 12.0. The third-order valence-corrected chi connectivity index (χ3v) is 5.41. The van der Waals surface area contributed by atoms with Crippen LogP contribution in [0.4, 0.5) is 0 Å². The molecule has 0 aliphatic rings. The van der Waals surface area contributed by atoms with E-state index in [1.54, 1.807) is 24.3 Å². The van der Waals surface area contributed by atoms with Crippen molar-refractivity contribution in [3.8, 4) is 5.75 Å². The molecule has 0 atom stereocenters. The fourth-order valence-corrected chi connectivity index (χ4v) is 4.36. The molecule has 0 spiro atoms. The van der Waals surface area contributed by atoms with Crippen LogP contribution in [-0.2, 0) is 0 Å². The Labute approximate surface area is 160 Å². The lowest BCUT2D eigenvalue weighted by Gasteiger charge is -2.07. The van der Waals surface area contributed by atoms with Crippen LogP contribution in [0.25, 0.3) is 0 Å². The number of rotatable bonds is 3. The normalized spacial score (nSPS) is 10.9. The molecule has 2 N–H and O–H groups in total. The Morgan fingerprint density at radius 1 is 1.09 bits per heavy atom. The number of benzene rings is 2. The zero-order valence-electron chi connectivity index (χ0n) is 10.8. The molecule has 0 bridgehead atoms. The van der Waals surface area contributed by atoms with E-state index in [1.807, 2.05) is 6.07 Å². The first kappa shape index (κ1) is 17.7. The second-order valence-electron chi connectivity index (χ2n) is 4.10.